The van der Waals surface area contributed by atoms with Gasteiger partial charge in [-0.15, -0.1) is 10.2 Å². The summed E-state index contributed by atoms with van der Waals surface area (Å²) in [7, 11) is 0. The van der Waals surface area contributed by atoms with Crippen molar-refractivity contribution in [1.29, 1.82) is 0 Å². The number of fused-ring (bicyclic) bond motifs is 1. The van der Waals surface area contributed by atoms with E-state index in [0.717, 1.165) is 55.6 Å². The second-order valence-electron chi connectivity index (χ2n) is 8.16. The molecule has 1 N–H and O–H groups in total. The highest BCUT2D eigenvalue weighted by molar-refractivity contribution is 5.83. The first-order valence-electron chi connectivity index (χ1n) is 10.8. The number of carbonyl (C=O) groups excluding carboxylic acids is 2. The number of ketones is 1. The lowest BCUT2D eigenvalue weighted by Gasteiger charge is -2.14. The van der Waals surface area contributed by atoms with E-state index in [4.69, 9.17) is 0 Å². The van der Waals surface area contributed by atoms with Crippen LogP contribution in [-0.2, 0) is 22.4 Å². The van der Waals surface area contributed by atoms with Crippen LogP contribution in [0, 0.1) is 5.92 Å². The summed E-state index contributed by atoms with van der Waals surface area (Å²) in [5.41, 5.74) is 3.01. The monoisotopic (exact) mass is 404 g/mol. The van der Waals surface area contributed by atoms with Gasteiger partial charge in [0, 0.05) is 31.5 Å². The molecule has 2 unspecified atom stereocenters. The predicted molar refractivity (Wildman–Crippen MR) is 115 cm³/mol. The smallest absolute Gasteiger partial charge is 0.227 e. The van der Waals surface area contributed by atoms with Crippen LogP contribution in [0.3, 0.4) is 0 Å². The topological polar surface area (TPSA) is 76.4 Å². The fraction of sp³-hybridized carbons (Fsp3) is 0.417. The molecule has 2 aromatic heterocycles. The first-order chi connectivity index (χ1) is 14.6. The van der Waals surface area contributed by atoms with E-state index in [-0.39, 0.29) is 17.7 Å². The van der Waals surface area contributed by atoms with Crippen molar-refractivity contribution >= 4 is 17.3 Å². The number of rotatable bonds is 8. The van der Waals surface area contributed by atoms with Gasteiger partial charge in [0.05, 0.1) is 5.92 Å². The minimum absolute atomic E-state index is 0.0276. The number of aromatic nitrogens is 3. The van der Waals surface area contributed by atoms with Crippen molar-refractivity contribution in [1.82, 2.24) is 19.9 Å². The SMILES string of the molecule is CC(C(=O)NCCCc1nnc2ccccn12)c1ccc(CC2CCCC2=O)cc1. The molecule has 1 aliphatic carbocycles. The third kappa shape index (κ3) is 4.58. The number of pyridine rings is 1. The second-order valence-corrected chi connectivity index (χ2v) is 8.16. The largest absolute Gasteiger partial charge is 0.356 e. The van der Waals surface area contributed by atoms with Crippen LogP contribution < -0.4 is 5.32 Å². The first-order valence-corrected chi connectivity index (χ1v) is 10.8. The summed E-state index contributed by atoms with van der Waals surface area (Å²) in [5.74, 6) is 1.30. The number of hydrogen-bond acceptors (Lipinski definition) is 4. The molecule has 6 heteroatoms. The van der Waals surface area contributed by atoms with Gasteiger partial charge in [0.15, 0.2) is 5.65 Å². The molecule has 1 fully saturated rings. The molecule has 1 amide bonds. The lowest BCUT2D eigenvalue weighted by atomic mass is 9.94. The molecule has 0 saturated heterocycles. The normalized spacial score (nSPS) is 17.4. The van der Waals surface area contributed by atoms with Crippen LogP contribution in [-0.4, -0.2) is 32.8 Å². The van der Waals surface area contributed by atoms with Crippen molar-refractivity contribution in [3.05, 3.63) is 65.6 Å². The van der Waals surface area contributed by atoms with Crippen molar-refractivity contribution in [3.8, 4) is 0 Å². The van der Waals surface area contributed by atoms with E-state index in [1.165, 1.54) is 5.56 Å². The maximum atomic E-state index is 12.5. The molecule has 6 nitrogen and oxygen atoms in total. The number of amides is 1. The number of nitrogens with zero attached hydrogens (tertiary/aromatic N) is 3. The van der Waals surface area contributed by atoms with E-state index in [2.05, 4.69) is 27.6 Å². The Balaban J connectivity index is 1.24. The number of aryl methyl sites for hydroxylation is 1. The minimum Gasteiger partial charge on any atom is -0.356 e. The van der Waals surface area contributed by atoms with Gasteiger partial charge < -0.3 is 5.32 Å². The fourth-order valence-electron chi connectivity index (χ4n) is 4.15. The maximum Gasteiger partial charge on any atom is 0.227 e. The van der Waals surface area contributed by atoms with Crippen LogP contribution in [0.15, 0.2) is 48.7 Å². The standard InChI is InChI=1S/C24H28N4O2/c1-17(19-12-10-18(11-13-19)16-20-6-4-7-21(20)29)24(30)25-14-5-9-23-27-26-22-8-2-3-15-28(22)23/h2-3,8,10-13,15,17,20H,4-7,9,14,16H2,1H3,(H,25,30). The molecule has 4 rings (SSSR count). The van der Waals surface area contributed by atoms with Gasteiger partial charge in [-0.05, 0) is 55.9 Å². The number of Topliss-reactive ketones (excluding diaryl/α,β-unsaturated/α-hetero) is 1. The molecule has 1 saturated carbocycles. The molecule has 3 aromatic rings. The summed E-state index contributed by atoms with van der Waals surface area (Å²) >= 11 is 0. The van der Waals surface area contributed by atoms with Gasteiger partial charge in [-0.3, -0.25) is 14.0 Å². The van der Waals surface area contributed by atoms with Crippen molar-refractivity contribution in [2.75, 3.05) is 6.54 Å². The summed E-state index contributed by atoms with van der Waals surface area (Å²) in [5, 5.41) is 11.4. The Labute approximate surface area is 176 Å². The zero-order chi connectivity index (χ0) is 20.9. The van der Waals surface area contributed by atoms with Gasteiger partial charge in [-0.2, -0.15) is 0 Å². The van der Waals surface area contributed by atoms with Crippen LogP contribution in [0.2, 0.25) is 0 Å². The minimum atomic E-state index is -0.207. The highest BCUT2D eigenvalue weighted by Gasteiger charge is 2.24. The Morgan fingerprint density at radius 2 is 2.03 bits per heavy atom. The van der Waals surface area contributed by atoms with E-state index in [9.17, 15) is 9.59 Å². The van der Waals surface area contributed by atoms with Gasteiger partial charge in [0.2, 0.25) is 5.91 Å². The Hall–Kier alpha value is -3.02. The van der Waals surface area contributed by atoms with Crippen LogP contribution in [0.25, 0.3) is 5.65 Å². The van der Waals surface area contributed by atoms with Gasteiger partial charge >= 0.3 is 0 Å². The molecule has 1 aromatic carbocycles. The van der Waals surface area contributed by atoms with E-state index >= 15 is 0 Å². The van der Waals surface area contributed by atoms with Crippen LogP contribution in [0.5, 0.6) is 0 Å². The molecule has 0 radical (unpaired) electrons. The Morgan fingerprint density at radius 3 is 2.80 bits per heavy atom. The lowest BCUT2D eigenvalue weighted by molar-refractivity contribution is -0.122. The zero-order valence-corrected chi connectivity index (χ0v) is 17.4. The highest BCUT2D eigenvalue weighted by Crippen LogP contribution is 2.26. The summed E-state index contributed by atoms with van der Waals surface area (Å²) in [6, 6.07) is 14.0. The molecule has 30 heavy (non-hydrogen) atoms. The van der Waals surface area contributed by atoms with E-state index in [0.29, 0.717) is 12.3 Å². The van der Waals surface area contributed by atoms with Crippen molar-refractivity contribution < 1.29 is 9.59 Å². The van der Waals surface area contributed by atoms with Crippen molar-refractivity contribution in [3.63, 3.8) is 0 Å². The molecule has 0 aliphatic heterocycles. The second kappa shape index (κ2) is 9.20. The summed E-state index contributed by atoms with van der Waals surface area (Å²) in [6.07, 6.45) is 7.09. The third-order valence-electron chi connectivity index (χ3n) is 6.05. The number of benzene rings is 1. The quantitative estimate of drug-likeness (QED) is 0.583. The lowest BCUT2D eigenvalue weighted by Crippen LogP contribution is -2.29. The molecule has 156 valence electrons. The molecule has 0 spiro atoms. The fourth-order valence-corrected chi connectivity index (χ4v) is 4.15. The molecule has 1 aliphatic rings. The Bertz CT molecular complexity index is 1030. The van der Waals surface area contributed by atoms with Gasteiger partial charge in [0.25, 0.3) is 0 Å². The van der Waals surface area contributed by atoms with Gasteiger partial charge in [-0.25, -0.2) is 0 Å². The van der Waals surface area contributed by atoms with E-state index in [1.54, 1.807) is 0 Å². The molecule has 2 atom stereocenters. The predicted octanol–water partition coefficient (Wildman–Crippen LogP) is 3.49. The third-order valence-corrected chi connectivity index (χ3v) is 6.05. The van der Waals surface area contributed by atoms with Crippen LogP contribution in [0.1, 0.15) is 55.5 Å². The Morgan fingerprint density at radius 1 is 1.20 bits per heavy atom. The molecule has 0 bridgehead atoms. The number of carbonyl (C=O) groups is 2. The van der Waals surface area contributed by atoms with Crippen LogP contribution in [0.4, 0.5) is 0 Å². The summed E-state index contributed by atoms with van der Waals surface area (Å²) in [6.45, 7) is 2.53. The Kier molecular flexibility index (Phi) is 6.21. The average molecular weight is 405 g/mol. The summed E-state index contributed by atoms with van der Waals surface area (Å²) in [4.78, 5) is 24.4. The van der Waals surface area contributed by atoms with E-state index in [1.807, 2.05) is 47.9 Å². The highest BCUT2D eigenvalue weighted by atomic mass is 16.1. The first kappa shape index (κ1) is 20.3. The number of hydrogen-bond donors (Lipinski definition) is 1. The number of nitrogens with one attached hydrogen (secondary N) is 1. The van der Waals surface area contributed by atoms with E-state index < -0.39 is 0 Å². The van der Waals surface area contributed by atoms with Crippen molar-refractivity contribution in [2.24, 2.45) is 5.92 Å². The van der Waals surface area contributed by atoms with Gasteiger partial charge in [-0.1, -0.05) is 30.3 Å². The summed E-state index contributed by atoms with van der Waals surface area (Å²) < 4.78 is 1.98. The molecular weight excluding hydrogens is 376 g/mol. The van der Waals surface area contributed by atoms with Crippen molar-refractivity contribution in [2.45, 2.75) is 51.4 Å². The molecule has 2 heterocycles. The van der Waals surface area contributed by atoms with Crippen LogP contribution >= 0.6 is 0 Å². The maximum absolute atomic E-state index is 12.5. The zero-order valence-electron chi connectivity index (χ0n) is 17.4. The van der Waals surface area contributed by atoms with Gasteiger partial charge in [0.1, 0.15) is 11.6 Å². The average Bonchev–Trinajstić information content (AvgIpc) is 3.37. The molecular formula is C24H28N4O2.